The van der Waals surface area contributed by atoms with Gasteiger partial charge in [0.15, 0.2) is 0 Å². The molecule has 2 heterocycles. The van der Waals surface area contributed by atoms with Crippen LogP contribution in [0.2, 0.25) is 0 Å². The van der Waals surface area contributed by atoms with Gasteiger partial charge in [0, 0.05) is 32.2 Å². The summed E-state index contributed by atoms with van der Waals surface area (Å²) in [6.07, 6.45) is 0. The lowest BCUT2D eigenvalue weighted by Gasteiger charge is -2.31. The van der Waals surface area contributed by atoms with Crippen LogP contribution in [0, 0.1) is 0 Å². The molecular formula is C25H28N2O7. The second-order valence-electron chi connectivity index (χ2n) is 8.11. The fraction of sp³-hybridized carbons (Fsp3) is 0.360. The van der Waals surface area contributed by atoms with Crippen LogP contribution in [-0.4, -0.2) is 85.3 Å². The number of phenolic OH excluding ortho intramolecular Hbond substituents is 1. The monoisotopic (exact) mass is 468 g/mol. The number of aromatic hydroxyl groups is 1. The summed E-state index contributed by atoms with van der Waals surface area (Å²) in [4.78, 5) is 29.9. The highest BCUT2D eigenvalue weighted by Gasteiger charge is 2.46. The largest absolute Gasteiger partial charge is 0.507 e. The van der Waals surface area contributed by atoms with Gasteiger partial charge in [-0.05, 0) is 29.8 Å². The molecule has 2 aliphatic heterocycles. The third kappa shape index (κ3) is 4.57. The molecule has 2 aromatic carbocycles. The van der Waals surface area contributed by atoms with Crippen LogP contribution in [0.4, 0.5) is 0 Å². The summed E-state index contributed by atoms with van der Waals surface area (Å²) in [5.41, 5.74) is 0.579. The highest BCUT2D eigenvalue weighted by molar-refractivity contribution is 6.46. The molecule has 2 aliphatic rings. The maximum Gasteiger partial charge on any atom is 0.295 e. The van der Waals surface area contributed by atoms with Crippen LogP contribution in [0.3, 0.4) is 0 Å². The number of likely N-dealkylation sites (tertiary alicyclic amines) is 1. The summed E-state index contributed by atoms with van der Waals surface area (Å²) in [5, 5.41) is 21.6. The molecule has 1 atom stereocenters. The Hall–Kier alpha value is -3.56. The van der Waals surface area contributed by atoms with Crippen molar-refractivity contribution in [2.75, 3.05) is 53.6 Å². The quantitative estimate of drug-likeness (QED) is 0.362. The number of hydrogen-bond acceptors (Lipinski definition) is 8. The van der Waals surface area contributed by atoms with Crippen molar-refractivity contribution in [3.63, 3.8) is 0 Å². The zero-order chi connectivity index (χ0) is 24.2. The molecule has 2 N–H and O–H groups in total. The number of ether oxygens (including phenoxy) is 3. The summed E-state index contributed by atoms with van der Waals surface area (Å²) in [5.74, 6) is -1.26. The highest BCUT2D eigenvalue weighted by Crippen LogP contribution is 2.41. The average molecular weight is 469 g/mol. The number of methoxy groups -OCH3 is 2. The number of carbonyl (C=O) groups excluding carboxylic acids is 2. The van der Waals surface area contributed by atoms with Crippen molar-refractivity contribution in [2.45, 2.75) is 6.04 Å². The van der Waals surface area contributed by atoms with Gasteiger partial charge in [0.1, 0.15) is 23.0 Å². The molecule has 1 unspecified atom stereocenters. The van der Waals surface area contributed by atoms with Crippen LogP contribution >= 0.6 is 0 Å². The summed E-state index contributed by atoms with van der Waals surface area (Å²) < 4.78 is 15.8. The molecular weight excluding hydrogens is 440 g/mol. The van der Waals surface area contributed by atoms with E-state index in [0.29, 0.717) is 36.8 Å². The van der Waals surface area contributed by atoms with E-state index < -0.39 is 23.5 Å². The van der Waals surface area contributed by atoms with Crippen LogP contribution in [0.5, 0.6) is 17.2 Å². The van der Waals surface area contributed by atoms with Gasteiger partial charge in [-0.25, -0.2) is 0 Å². The second kappa shape index (κ2) is 10.1. The number of rotatable bonds is 7. The van der Waals surface area contributed by atoms with E-state index >= 15 is 0 Å². The number of aliphatic hydroxyl groups is 1. The van der Waals surface area contributed by atoms with Crippen LogP contribution in [0.1, 0.15) is 17.2 Å². The van der Waals surface area contributed by atoms with Crippen molar-refractivity contribution in [1.29, 1.82) is 0 Å². The number of nitrogens with zero attached hydrogens (tertiary/aromatic N) is 2. The normalized spacial score (nSPS) is 20.5. The van der Waals surface area contributed by atoms with Crippen LogP contribution in [0.15, 0.2) is 48.0 Å². The molecule has 0 bridgehead atoms. The summed E-state index contributed by atoms with van der Waals surface area (Å²) in [6, 6.07) is 10.6. The fourth-order valence-electron chi connectivity index (χ4n) is 4.33. The molecule has 0 spiro atoms. The minimum atomic E-state index is -0.836. The van der Waals surface area contributed by atoms with E-state index in [4.69, 9.17) is 14.2 Å². The fourth-order valence-corrected chi connectivity index (χ4v) is 4.33. The first-order valence-electron chi connectivity index (χ1n) is 11.0. The Labute approximate surface area is 197 Å². The van der Waals surface area contributed by atoms with E-state index in [1.165, 1.54) is 31.3 Å². The molecule has 0 saturated carbocycles. The van der Waals surface area contributed by atoms with Gasteiger partial charge in [0.05, 0.1) is 44.6 Å². The summed E-state index contributed by atoms with van der Waals surface area (Å²) >= 11 is 0. The van der Waals surface area contributed by atoms with E-state index in [2.05, 4.69) is 4.90 Å². The highest BCUT2D eigenvalue weighted by atomic mass is 16.5. The van der Waals surface area contributed by atoms with Gasteiger partial charge in [-0.3, -0.25) is 14.5 Å². The molecule has 0 aromatic heterocycles. The Morgan fingerprint density at radius 2 is 1.74 bits per heavy atom. The number of carbonyl (C=O) groups is 2. The topological polar surface area (TPSA) is 109 Å². The predicted octanol–water partition coefficient (Wildman–Crippen LogP) is 2.16. The van der Waals surface area contributed by atoms with Gasteiger partial charge < -0.3 is 29.3 Å². The minimum absolute atomic E-state index is 0.0416. The third-order valence-corrected chi connectivity index (χ3v) is 6.17. The van der Waals surface area contributed by atoms with Crippen molar-refractivity contribution < 1.29 is 34.0 Å². The molecule has 0 aliphatic carbocycles. The molecule has 180 valence electrons. The molecule has 9 heteroatoms. The van der Waals surface area contributed by atoms with Gasteiger partial charge in [-0.2, -0.15) is 0 Å². The van der Waals surface area contributed by atoms with Gasteiger partial charge >= 0.3 is 0 Å². The number of benzene rings is 2. The standard InChI is InChI=1S/C25H28N2O7/c1-32-17-5-3-4-16(14-17)22-21(23(29)19-7-6-18(33-2)15-20(19)28)24(30)25(31)27(22)9-8-26-10-12-34-13-11-26/h3-7,14-15,22,28-29H,8-13H2,1-2H3/b23-21+. The zero-order valence-corrected chi connectivity index (χ0v) is 19.2. The summed E-state index contributed by atoms with van der Waals surface area (Å²) in [7, 11) is 2.99. The number of ketones is 1. The number of morpholine rings is 1. The van der Waals surface area contributed by atoms with E-state index in [-0.39, 0.29) is 23.4 Å². The van der Waals surface area contributed by atoms with E-state index in [1.807, 2.05) is 0 Å². The SMILES string of the molecule is COc1cccc(C2/C(=C(\O)c3ccc(OC)cc3O)C(=O)C(=O)N2CCN2CCOCC2)c1. The molecule has 2 fully saturated rings. The molecule has 1 amide bonds. The lowest BCUT2D eigenvalue weighted by atomic mass is 9.94. The smallest absolute Gasteiger partial charge is 0.295 e. The zero-order valence-electron chi connectivity index (χ0n) is 19.2. The van der Waals surface area contributed by atoms with Gasteiger partial charge in [-0.15, -0.1) is 0 Å². The Morgan fingerprint density at radius 1 is 1.03 bits per heavy atom. The molecule has 34 heavy (non-hydrogen) atoms. The van der Waals surface area contributed by atoms with E-state index in [1.54, 1.807) is 30.3 Å². The maximum atomic E-state index is 13.2. The minimum Gasteiger partial charge on any atom is -0.507 e. The van der Waals surface area contributed by atoms with Crippen molar-refractivity contribution in [1.82, 2.24) is 9.80 Å². The number of aliphatic hydroxyl groups excluding tert-OH is 1. The average Bonchev–Trinajstić information content (AvgIpc) is 3.12. The number of Topliss-reactive ketones (excluding diaryl/α,β-unsaturated/α-hetero) is 1. The molecule has 4 rings (SSSR count). The Kier molecular flexibility index (Phi) is 7.04. The summed E-state index contributed by atoms with van der Waals surface area (Å²) in [6.45, 7) is 3.58. The molecule has 0 radical (unpaired) electrons. The first-order chi connectivity index (χ1) is 16.4. The van der Waals surface area contributed by atoms with E-state index in [0.717, 1.165) is 13.1 Å². The second-order valence-corrected chi connectivity index (χ2v) is 8.11. The van der Waals surface area contributed by atoms with Gasteiger partial charge in [-0.1, -0.05) is 12.1 Å². The Morgan fingerprint density at radius 3 is 2.41 bits per heavy atom. The van der Waals surface area contributed by atoms with Crippen molar-refractivity contribution in [3.05, 3.63) is 59.2 Å². The lowest BCUT2D eigenvalue weighted by Crippen LogP contribution is -2.42. The van der Waals surface area contributed by atoms with Crippen LogP contribution in [0.25, 0.3) is 5.76 Å². The number of amides is 1. The van der Waals surface area contributed by atoms with Crippen LogP contribution in [-0.2, 0) is 14.3 Å². The lowest BCUT2D eigenvalue weighted by molar-refractivity contribution is -0.140. The Bertz CT molecular complexity index is 1110. The number of phenols is 1. The third-order valence-electron chi connectivity index (χ3n) is 6.17. The van der Waals surface area contributed by atoms with E-state index in [9.17, 15) is 19.8 Å². The van der Waals surface area contributed by atoms with Crippen molar-refractivity contribution in [2.24, 2.45) is 0 Å². The molecule has 2 aromatic rings. The molecule has 9 nitrogen and oxygen atoms in total. The van der Waals surface area contributed by atoms with Crippen molar-refractivity contribution in [3.8, 4) is 17.2 Å². The predicted molar refractivity (Wildman–Crippen MR) is 124 cm³/mol. The number of hydrogen-bond donors (Lipinski definition) is 2. The maximum absolute atomic E-state index is 13.2. The first-order valence-corrected chi connectivity index (χ1v) is 11.0. The molecule has 2 saturated heterocycles. The Balaban J connectivity index is 1.77. The van der Waals surface area contributed by atoms with Crippen LogP contribution < -0.4 is 9.47 Å². The van der Waals surface area contributed by atoms with Gasteiger partial charge in [0.2, 0.25) is 0 Å². The van der Waals surface area contributed by atoms with Crippen molar-refractivity contribution >= 4 is 17.4 Å². The van der Waals surface area contributed by atoms with Gasteiger partial charge in [0.25, 0.3) is 11.7 Å². The first kappa shape index (κ1) is 23.6.